The Labute approximate surface area is 102 Å². The number of ether oxygens (including phenoxy) is 2. The van der Waals surface area contributed by atoms with Crippen LogP contribution in [0.15, 0.2) is 18.2 Å². The molecule has 4 nitrogen and oxygen atoms in total. The van der Waals surface area contributed by atoms with Crippen LogP contribution in [0.2, 0.25) is 0 Å². The van der Waals surface area contributed by atoms with E-state index in [2.05, 4.69) is 16.7 Å². The Hall–Kier alpha value is -1.26. The third-order valence-corrected chi connectivity index (χ3v) is 3.08. The van der Waals surface area contributed by atoms with Crippen LogP contribution < -0.4 is 20.1 Å². The van der Waals surface area contributed by atoms with Gasteiger partial charge >= 0.3 is 0 Å². The van der Waals surface area contributed by atoms with Crippen LogP contribution in [-0.2, 0) is 6.42 Å². The molecule has 0 radical (unpaired) electrons. The highest BCUT2D eigenvalue weighted by Crippen LogP contribution is 2.25. The van der Waals surface area contributed by atoms with Gasteiger partial charge in [-0.1, -0.05) is 0 Å². The standard InChI is InChI=1S/C13H20N2O2/c1-16-12-3-4-13(17-2)10(8-12)7-11-9-14-5-6-15-11/h3-4,8,11,14-15H,5-7,9H2,1-2H3/t11-/m0/s1. The highest BCUT2D eigenvalue weighted by molar-refractivity contribution is 5.40. The van der Waals surface area contributed by atoms with Gasteiger partial charge in [0.2, 0.25) is 0 Å². The molecule has 2 N–H and O–H groups in total. The first kappa shape index (κ1) is 12.2. The third-order valence-electron chi connectivity index (χ3n) is 3.08. The van der Waals surface area contributed by atoms with Gasteiger partial charge < -0.3 is 20.1 Å². The molecule has 1 aliphatic rings. The second-order valence-corrected chi connectivity index (χ2v) is 4.24. The van der Waals surface area contributed by atoms with Gasteiger partial charge in [-0.15, -0.1) is 0 Å². The van der Waals surface area contributed by atoms with Crippen molar-refractivity contribution in [1.29, 1.82) is 0 Å². The largest absolute Gasteiger partial charge is 0.497 e. The number of methoxy groups -OCH3 is 2. The lowest BCUT2D eigenvalue weighted by atomic mass is 10.0. The molecule has 94 valence electrons. The quantitative estimate of drug-likeness (QED) is 0.812. The Balaban J connectivity index is 2.11. The second-order valence-electron chi connectivity index (χ2n) is 4.24. The van der Waals surface area contributed by atoms with Crippen LogP contribution >= 0.6 is 0 Å². The summed E-state index contributed by atoms with van der Waals surface area (Å²) in [6, 6.07) is 6.40. The molecule has 1 saturated heterocycles. The van der Waals surface area contributed by atoms with Crippen molar-refractivity contribution in [3.8, 4) is 11.5 Å². The summed E-state index contributed by atoms with van der Waals surface area (Å²) >= 11 is 0. The molecule has 0 unspecified atom stereocenters. The van der Waals surface area contributed by atoms with Crippen molar-refractivity contribution in [3.05, 3.63) is 23.8 Å². The Morgan fingerprint density at radius 1 is 1.24 bits per heavy atom. The predicted molar refractivity (Wildman–Crippen MR) is 67.9 cm³/mol. The SMILES string of the molecule is COc1ccc(OC)c(C[C@H]2CNCCN2)c1. The first-order chi connectivity index (χ1) is 8.33. The van der Waals surface area contributed by atoms with Crippen molar-refractivity contribution in [2.45, 2.75) is 12.5 Å². The summed E-state index contributed by atoms with van der Waals surface area (Å²) in [6.07, 6.45) is 0.952. The molecule has 0 saturated carbocycles. The average Bonchev–Trinajstić information content (AvgIpc) is 2.40. The maximum absolute atomic E-state index is 5.38. The van der Waals surface area contributed by atoms with Gasteiger partial charge in [0.05, 0.1) is 14.2 Å². The first-order valence-corrected chi connectivity index (χ1v) is 5.98. The van der Waals surface area contributed by atoms with E-state index in [4.69, 9.17) is 9.47 Å². The number of hydrogen-bond donors (Lipinski definition) is 2. The maximum Gasteiger partial charge on any atom is 0.122 e. The maximum atomic E-state index is 5.38. The van der Waals surface area contributed by atoms with Crippen LogP contribution in [-0.4, -0.2) is 39.9 Å². The average molecular weight is 236 g/mol. The van der Waals surface area contributed by atoms with Gasteiger partial charge in [0.15, 0.2) is 0 Å². The lowest BCUT2D eigenvalue weighted by Crippen LogP contribution is -2.49. The van der Waals surface area contributed by atoms with Crippen molar-refractivity contribution in [3.63, 3.8) is 0 Å². The molecular weight excluding hydrogens is 216 g/mol. The van der Waals surface area contributed by atoms with Crippen LogP contribution in [0.25, 0.3) is 0 Å². The zero-order chi connectivity index (χ0) is 12.1. The predicted octanol–water partition coefficient (Wildman–Crippen LogP) is 0.808. The van der Waals surface area contributed by atoms with Gasteiger partial charge in [0.25, 0.3) is 0 Å². The molecule has 1 fully saturated rings. The summed E-state index contributed by atoms with van der Waals surface area (Å²) in [4.78, 5) is 0. The van der Waals surface area contributed by atoms with E-state index in [1.54, 1.807) is 14.2 Å². The highest BCUT2D eigenvalue weighted by Gasteiger charge is 2.15. The normalized spacial score (nSPS) is 20.0. The van der Waals surface area contributed by atoms with Crippen molar-refractivity contribution < 1.29 is 9.47 Å². The number of rotatable bonds is 4. The van der Waals surface area contributed by atoms with Gasteiger partial charge in [0.1, 0.15) is 11.5 Å². The molecule has 0 aliphatic carbocycles. The van der Waals surface area contributed by atoms with Crippen molar-refractivity contribution in [2.24, 2.45) is 0 Å². The van der Waals surface area contributed by atoms with E-state index in [-0.39, 0.29) is 0 Å². The molecule has 0 spiro atoms. The van der Waals surface area contributed by atoms with Crippen LogP contribution in [0.4, 0.5) is 0 Å². The summed E-state index contributed by atoms with van der Waals surface area (Å²) in [7, 11) is 3.39. The Morgan fingerprint density at radius 2 is 2.12 bits per heavy atom. The van der Waals surface area contributed by atoms with E-state index in [1.807, 2.05) is 12.1 Å². The number of benzene rings is 1. The Kier molecular flexibility index (Phi) is 4.23. The fourth-order valence-electron chi connectivity index (χ4n) is 2.16. The molecular formula is C13H20N2O2. The number of nitrogens with one attached hydrogen (secondary N) is 2. The topological polar surface area (TPSA) is 42.5 Å². The number of piperazine rings is 1. The van der Waals surface area contributed by atoms with Crippen molar-refractivity contribution in [1.82, 2.24) is 10.6 Å². The van der Waals surface area contributed by atoms with Crippen molar-refractivity contribution >= 4 is 0 Å². The van der Waals surface area contributed by atoms with E-state index in [0.29, 0.717) is 6.04 Å². The molecule has 1 aromatic carbocycles. The summed E-state index contributed by atoms with van der Waals surface area (Å²) in [6.45, 7) is 3.07. The van der Waals surface area contributed by atoms with Crippen molar-refractivity contribution in [2.75, 3.05) is 33.9 Å². The summed E-state index contributed by atoms with van der Waals surface area (Å²) in [5, 5.41) is 6.88. The van der Waals surface area contributed by atoms with Crippen LogP contribution in [0.1, 0.15) is 5.56 Å². The van der Waals surface area contributed by atoms with E-state index in [9.17, 15) is 0 Å². The van der Waals surface area contributed by atoms with Gasteiger partial charge in [-0.2, -0.15) is 0 Å². The summed E-state index contributed by atoms with van der Waals surface area (Å²) in [5.41, 5.74) is 1.19. The van der Waals surface area contributed by atoms with Gasteiger partial charge in [-0.05, 0) is 30.2 Å². The van der Waals surface area contributed by atoms with E-state index >= 15 is 0 Å². The zero-order valence-electron chi connectivity index (χ0n) is 10.5. The first-order valence-electron chi connectivity index (χ1n) is 5.98. The highest BCUT2D eigenvalue weighted by atomic mass is 16.5. The fraction of sp³-hybridized carbons (Fsp3) is 0.538. The van der Waals surface area contributed by atoms with Gasteiger partial charge in [-0.25, -0.2) is 0 Å². The van der Waals surface area contributed by atoms with Crippen LogP contribution in [0.3, 0.4) is 0 Å². The minimum Gasteiger partial charge on any atom is -0.497 e. The number of hydrogen-bond acceptors (Lipinski definition) is 4. The Bertz CT molecular complexity index is 362. The van der Waals surface area contributed by atoms with E-state index in [0.717, 1.165) is 37.6 Å². The molecule has 2 rings (SSSR count). The molecule has 0 bridgehead atoms. The molecule has 4 heteroatoms. The van der Waals surface area contributed by atoms with Crippen LogP contribution in [0.5, 0.6) is 11.5 Å². The van der Waals surface area contributed by atoms with Gasteiger partial charge in [-0.3, -0.25) is 0 Å². The minimum atomic E-state index is 0.463. The molecule has 1 heterocycles. The minimum absolute atomic E-state index is 0.463. The summed E-state index contributed by atoms with van der Waals surface area (Å²) < 4.78 is 10.6. The smallest absolute Gasteiger partial charge is 0.122 e. The van der Waals surface area contributed by atoms with Gasteiger partial charge in [0, 0.05) is 25.7 Å². The lowest BCUT2D eigenvalue weighted by molar-refractivity contribution is 0.384. The summed E-state index contributed by atoms with van der Waals surface area (Å²) in [5.74, 6) is 1.81. The fourth-order valence-corrected chi connectivity index (χ4v) is 2.16. The lowest BCUT2D eigenvalue weighted by Gasteiger charge is -2.25. The molecule has 0 aromatic heterocycles. The monoisotopic (exact) mass is 236 g/mol. The molecule has 0 amide bonds. The second kappa shape index (κ2) is 5.89. The molecule has 1 atom stereocenters. The molecule has 1 aliphatic heterocycles. The van der Waals surface area contributed by atoms with Crippen LogP contribution in [0, 0.1) is 0 Å². The molecule has 17 heavy (non-hydrogen) atoms. The van der Waals surface area contributed by atoms with E-state index in [1.165, 1.54) is 5.56 Å². The zero-order valence-corrected chi connectivity index (χ0v) is 10.5. The molecule has 1 aromatic rings. The Morgan fingerprint density at radius 3 is 2.76 bits per heavy atom. The third kappa shape index (κ3) is 3.11. The van der Waals surface area contributed by atoms with E-state index < -0.39 is 0 Å².